The van der Waals surface area contributed by atoms with Crippen molar-refractivity contribution in [3.05, 3.63) is 54.0 Å². The summed E-state index contributed by atoms with van der Waals surface area (Å²) in [4.78, 5) is 4.43. The fourth-order valence-electron chi connectivity index (χ4n) is 2.97. The number of fused-ring (bicyclic) bond motifs is 2. The highest BCUT2D eigenvalue weighted by atomic mass is 32.2. The molecule has 0 radical (unpaired) electrons. The third-order valence-electron chi connectivity index (χ3n) is 4.06. The van der Waals surface area contributed by atoms with Gasteiger partial charge in [-0.05, 0) is 60.5 Å². The second-order valence-electron chi connectivity index (χ2n) is 5.48. The molecular formula is C17H16FN3S. The molecule has 0 amide bonds. The SMILES string of the molecule is CNCC1NSc2ccc(-c3c[nH]c4cc(F)ccc34)cc21. The van der Waals surface area contributed by atoms with Crippen molar-refractivity contribution >= 4 is 22.9 Å². The molecule has 2 aromatic carbocycles. The molecule has 4 rings (SSSR count). The van der Waals surface area contributed by atoms with Gasteiger partial charge in [-0.15, -0.1) is 0 Å². The van der Waals surface area contributed by atoms with Crippen LogP contribution in [0.25, 0.3) is 22.0 Å². The summed E-state index contributed by atoms with van der Waals surface area (Å²) in [7, 11) is 1.96. The van der Waals surface area contributed by atoms with E-state index >= 15 is 0 Å². The monoisotopic (exact) mass is 313 g/mol. The molecule has 1 aliphatic rings. The van der Waals surface area contributed by atoms with Crippen LogP contribution in [0.4, 0.5) is 4.39 Å². The van der Waals surface area contributed by atoms with Crippen molar-refractivity contribution in [2.24, 2.45) is 0 Å². The number of nitrogens with one attached hydrogen (secondary N) is 3. The molecule has 22 heavy (non-hydrogen) atoms. The molecule has 0 bridgehead atoms. The Hall–Kier alpha value is -1.82. The Morgan fingerprint density at radius 1 is 1.23 bits per heavy atom. The summed E-state index contributed by atoms with van der Waals surface area (Å²) in [6.45, 7) is 0.891. The average Bonchev–Trinajstić information content (AvgIpc) is 3.11. The van der Waals surface area contributed by atoms with Crippen molar-refractivity contribution in [1.29, 1.82) is 0 Å². The number of likely N-dealkylation sites (N-methyl/N-ethyl adjacent to an activating group) is 1. The molecule has 1 unspecified atom stereocenters. The molecule has 0 aliphatic carbocycles. The van der Waals surface area contributed by atoms with E-state index in [1.807, 2.05) is 19.3 Å². The molecule has 1 atom stereocenters. The van der Waals surface area contributed by atoms with Gasteiger partial charge in [-0.1, -0.05) is 6.07 Å². The van der Waals surface area contributed by atoms with E-state index in [4.69, 9.17) is 0 Å². The Morgan fingerprint density at radius 2 is 2.14 bits per heavy atom. The van der Waals surface area contributed by atoms with Gasteiger partial charge in [-0.2, -0.15) is 0 Å². The Bertz CT molecular complexity index is 841. The molecular weight excluding hydrogens is 297 g/mol. The lowest BCUT2D eigenvalue weighted by Crippen LogP contribution is -2.22. The van der Waals surface area contributed by atoms with E-state index in [0.717, 1.165) is 28.6 Å². The summed E-state index contributed by atoms with van der Waals surface area (Å²) in [6.07, 6.45) is 1.95. The van der Waals surface area contributed by atoms with E-state index in [-0.39, 0.29) is 5.82 Å². The minimum atomic E-state index is -0.218. The number of hydrogen-bond donors (Lipinski definition) is 3. The first-order valence-corrected chi connectivity index (χ1v) is 8.06. The van der Waals surface area contributed by atoms with Crippen molar-refractivity contribution < 1.29 is 4.39 Å². The molecule has 3 N–H and O–H groups in total. The molecule has 1 aromatic heterocycles. The number of hydrogen-bond acceptors (Lipinski definition) is 3. The Morgan fingerprint density at radius 3 is 3.00 bits per heavy atom. The number of aromatic amines is 1. The lowest BCUT2D eigenvalue weighted by molar-refractivity contribution is 0.625. The molecule has 2 heterocycles. The quantitative estimate of drug-likeness (QED) is 0.643. The normalized spacial score (nSPS) is 17.1. The number of benzene rings is 2. The standard InChI is InChI=1S/C17H16FN3S/c1-19-9-16-13-6-10(2-5-17(13)22-21-16)14-8-20-15-7-11(18)3-4-12(14)15/h2-8,16,19-21H,9H2,1H3. The van der Waals surface area contributed by atoms with Crippen molar-refractivity contribution in [1.82, 2.24) is 15.0 Å². The maximum Gasteiger partial charge on any atom is 0.125 e. The lowest BCUT2D eigenvalue weighted by Gasteiger charge is -2.11. The highest BCUT2D eigenvalue weighted by molar-refractivity contribution is 7.97. The molecule has 0 spiro atoms. The van der Waals surface area contributed by atoms with E-state index in [1.165, 1.54) is 22.6 Å². The summed E-state index contributed by atoms with van der Waals surface area (Å²) in [5.41, 5.74) is 4.41. The van der Waals surface area contributed by atoms with Gasteiger partial charge >= 0.3 is 0 Å². The van der Waals surface area contributed by atoms with Gasteiger partial charge in [0.1, 0.15) is 5.82 Å². The highest BCUT2D eigenvalue weighted by Gasteiger charge is 2.23. The Labute approximate surface area is 132 Å². The smallest absolute Gasteiger partial charge is 0.125 e. The van der Waals surface area contributed by atoms with Crippen LogP contribution >= 0.6 is 11.9 Å². The van der Waals surface area contributed by atoms with E-state index in [2.05, 4.69) is 33.2 Å². The van der Waals surface area contributed by atoms with Gasteiger partial charge in [0.15, 0.2) is 0 Å². The highest BCUT2D eigenvalue weighted by Crippen LogP contribution is 2.38. The zero-order chi connectivity index (χ0) is 15.1. The van der Waals surface area contributed by atoms with E-state index in [1.54, 1.807) is 11.9 Å². The molecule has 5 heteroatoms. The van der Waals surface area contributed by atoms with Gasteiger partial charge in [-0.25, -0.2) is 4.39 Å². The summed E-state index contributed by atoms with van der Waals surface area (Å²) in [6, 6.07) is 11.7. The van der Waals surface area contributed by atoms with Crippen LogP contribution in [-0.2, 0) is 0 Å². The van der Waals surface area contributed by atoms with Gasteiger partial charge in [0.05, 0.1) is 6.04 Å². The van der Waals surface area contributed by atoms with Crippen LogP contribution in [0.15, 0.2) is 47.5 Å². The minimum Gasteiger partial charge on any atom is -0.360 e. The van der Waals surface area contributed by atoms with Crippen LogP contribution in [0, 0.1) is 5.82 Å². The largest absolute Gasteiger partial charge is 0.360 e. The number of aromatic nitrogens is 1. The van der Waals surface area contributed by atoms with Crippen LogP contribution in [0.2, 0.25) is 0 Å². The van der Waals surface area contributed by atoms with Crippen LogP contribution in [-0.4, -0.2) is 18.6 Å². The topological polar surface area (TPSA) is 39.8 Å². The number of rotatable bonds is 3. The third-order valence-corrected chi connectivity index (χ3v) is 5.05. The van der Waals surface area contributed by atoms with Gasteiger partial charge in [-0.3, -0.25) is 4.72 Å². The van der Waals surface area contributed by atoms with E-state index in [9.17, 15) is 4.39 Å². The van der Waals surface area contributed by atoms with Crippen LogP contribution < -0.4 is 10.0 Å². The van der Waals surface area contributed by atoms with Crippen LogP contribution in [0.3, 0.4) is 0 Å². The first-order valence-electron chi connectivity index (χ1n) is 7.24. The van der Waals surface area contributed by atoms with Crippen LogP contribution in [0.5, 0.6) is 0 Å². The molecule has 112 valence electrons. The van der Waals surface area contributed by atoms with Gasteiger partial charge < -0.3 is 10.3 Å². The molecule has 1 aliphatic heterocycles. The second-order valence-corrected chi connectivity index (χ2v) is 6.35. The van der Waals surface area contributed by atoms with E-state index < -0.39 is 0 Å². The number of H-pyrrole nitrogens is 1. The molecule has 0 saturated carbocycles. The van der Waals surface area contributed by atoms with Gasteiger partial charge in [0.2, 0.25) is 0 Å². The Balaban J connectivity index is 1.81. The Kier molecular flexibility index (Phi) is 3.41. The van der Waals surface area contributed by atoms with Crippen LogP contribution in [0.1, 0.15) is 11.6 Å². The summed E-state index contributed by atoms with van der Waals surface area (Å²) in [5, 5.41) is 4.26. The fourth-order valence-corrected chi connectivity index (χ4v) is 3.91. The zero-order valence-electron chi connectivity index (χ0n) is 12.1. The second kappa shape index (κ2) is 5.43. The fraction of sp³-hybridized carbons (Fsp3) is 0.176. The lowest BCUT2D eigenvalue weighted by atomic mass is 9.99. The summed E-state index contributed by atoms with van der Waals surface area (Å²) in [5.74, 6) is -0.218. The maximum atomic E-state index is 13.3. The molecule has 3 aromatic rings. The third kappa shape index (κ3) is 2.22. The van der Waals surface area contributed by atoms with Gasteiger partial charge in [0, 0.05) is 34.1 Å². The van der Waals surface area contributed by atoms with Crippen molar-refractivity contribution in [2.45, 2.75) is 10.9 Å². The average molecular weight is 313 g/mol. The molecule has 3 nitrogen and oxygen atoms in total. The first-order chi connectivity index (χ1) is 10.8. The van der Waals surface area contributed by atoms with Crippen molar-refractivity contribution in [3.8, 4) is 11.1 Å². The van der Waals surface area contributed by atoms with Crippen molar-refractivity contribution in [2.75, 3.05) is 13.6 Å². The predicted molar refractivity (Wildman–Crippen MR) is 89.4 cm³/mol. The summed E-state index contributed by atoms with van der Waals surface area (Å²) >= 11 is 1.68. The van der Waals surface area contributed by atoms with Crippen molar-refractivity contribution in [3.63, 3.8) is 0 Å². The molecule has 0 saturated heterocycles. The maximum absolute atomic E-state index is 13.3. The predicted octanol–water partition coefficient (Wildman–Crippen LogP) is 3.84. The number of halogens is 1. The molecule has 0 fully saturated rings. The van der Waals surface area contributed by atoms with Gasteiger partial charge in [0.25, 0.3) is 0 Å². The minimum absolute atomic E-state index is 0.218. The van der Waals surface area contributed by atoms with E-state index in [0.29, 0.717) is 6.04 Å². The zero-order valence-corrected chi connectivity index (χ0v) is 12.9. The summed E-state index contributed by atoms with van der Waals surface area (Å²) < 4.78 is 16.8. The first kappa shape index (κ1) is 13.8.